The average Bonchev–Trinajstić information content (AvgIpc) is 3.54. The third kappa shape index (κ3) is 3.20. The minimum atomic E-state index is -3.03. The van der Waals surface area contributed by atoms with Gasteiger partial charge in [-0.1, -0.05) is 0 Å². The van der Waals surface area contributed by atoms with Crippen LogP contribution >= 0.6 is 0 Å². The van der Waals surface area contributed by atoms with E-state index < -0.39 is 5.92 Å². The molecule has 0 amide bonds. The predicted octanol–water partition coefficient (Wildman–Crippen LogP) is 3.92. The molecule has 2 fully saturated rings. The summed E-state index contributed by atoms with van der Waals surface area (Å²) in [5, 5.41) is 19.8. The zero-order valence-electron chi connectivity index (χ0n) is 15.4. The average molecular weight is 373 g/mol. The lowest BCUT2D eigenvalue weighted by Crippen LogP contribution is -2.13. The van der Waals surface area contributed by atoms with Crippen molar-refractivity contribution in [2.24, 2.45) is 5.41 Å². The van der Waals surface area contributed by atoms with E-state index in [1.54, 1.807) is 7.05 Å². The SMILES string of the molecule is CNc1nc(Nc2cn([C@@H]3C[C@]3(C)C#N)nc2C2CC2)ncc1C(C)(F)F. The van der Waals surface area contributed by atoms with Crippen molar-refractivity contribution in [1.29, 1.82) is 5.26 Å². The van der Waals surface area contributed by atoms with Crippen molar-refractivity contribution >= 4 is 17.5 Å². The minimum absolute atomic E-state index is 0.0606. The molecule has 7 nitrogen and oxygen atoms in total. The fourth-order valence-corrected chi connectivity index (χ4v) is 3.24. The number of halogens is 2. The molecular weight excluding hydrogens is 352 g/mol. The molecule has 9 heteroatoms. The molecule has 2 atom stereocenters. The summed E-state index contributed by atoms with van der Waals surface area (Å²) in [6.45, 7) is 2.74. The van der Waals surface area contributed by atoms with Crippen molar-refractivity contribution in [3.63, 3.8) is 0 Å². The van der Waals surface area contributed by atoms with E-state index >= 15 is 0 Å². The molecule has 27 heavy (non-hydrogen) atoms. The van der Waals surface area contributed by atoms with Gasteiger partial charge in [0.05, 0.1) is 34.5 Å². The lowest BCUT2D eigenvalue weighted by atomic mass is 10.2. The van der Waals surface area contributed by atoms with Crippen LogP contribution in [-0.2, 0) is 5.92 Å². The van der Waals surface area contributed by atoms with Crippen molar-refractivity contribution in [1.82, 2.24) is 19.7 Å². The number of hydrogen-bond acceptors (Lipinski definition) is 6. The van der Waals surface area contributed by atoms with E-state index in [0.29, 0.717) is 5.92 Å². The summed E-state index contributed by atoms with van der Waals surface area (Å²) < 4.78 is 29.2. The van der Waals surface area contributed by atoms with Gasteiger partial charge in [-0.2, -0.15) is 15.3 Å². The van der Waals surface area contributed by atoms with Gasteiger partial charge in [-0.05, 0) is 26.2 Å². The van der Waals surface area contributed by atoms with E-state index in [9.17, 15) is 14.0 Å². The molecule has 0 radical (unpaired) electrons. The molecule has 142 valence electrons. The molecule has 0 bridgehead atoms. The third-order valence-corrected chi connectivity index (χ3v) is 5.24. The number of nitrogens with one attached hydrogen (secondary N) is 2. The summed E-state index contributed by atoms with van der Waals surface area (Å²) in [5.41, 5.74) is 1.05. The molecule has 0 saturated heterocycles. The van der Waals surface area contributed by atoms with E-state index in [1.807, 2.05) is 17.8 Å². The van der Waals surface area contributed by atoms with Crippen LogP contribution in [0.5, 0.6) is 0 Å². The van der Waals surface area contributed by atoms with Crippen LogP contribution in [0.2, 0.25) is 0 Å². The van der Waals surface area contributed by atoms with Crippen LogP contribution in [0.25, 0.3) is 0 Å². The zero-order chi connectivity index (χ0) is 19.4. The smallest absolute Gasteiger partial charge is 0.275 e. The number of anilines is 3. The second-order valence-corrected chi connectivity index (χ2v) is 7.65. The second-order valence-electron chi connectivity index (χ2n) is 7.65. The largest absolute Gasteiger partial charge is 0.373 e. The predicted molar refractivity (Wildman–Crippen MR) is 96.0 cm³/mol. The number of rotatable bonds is 6. The Balaban J connectivity index is 1.63. The van der Waals surface area contributed by atoms with Gasteiger partial charge in [0.2, 0.25) is 5.95 Å². The Morgan fingerprint density at radius 2 is 2.15 bits per heavy atom. The Labute approximate surface area is 155 Å². The number of hydrogen-bond donors (Lipinski definition) is 2. The van der Waals surface area contributed by atoms with E-state index in [-0.39, 0.29) is 28.8 Å². The van der Waals surface area contributed by atoms with Crippen molar-refractivity contribution in [2.75, 3.05) is 17.7 Å². The molecule has 2 aliphatic carbocycles. The summed E-state index contributed by atoms with van der Waals surface area (Å²) >= 11 is 0. The number of alkyl halides is 2. The number of nitrogens with zero attached hydrogens (tertiary/aromatic N) is 5. The van der Waals surface area contributed by atoms with E-state index in [4.69, 9.17) is 0 Å². The normalized spacial score (nSPS) is 24.4. The number of aromatic nitrogens is 4. The highest BCUT2D eigenvalue weighted by atomic mass is 19.3. The van der Waals surface area contributed by atoms with Gasteiger partial charge in [-0.25, -0.2) is 13.8 Å². The highest BCUT2D eigenvalue weighted by molar-refractivity contribution is 5.59. The van der Waals surface area contributed by atoms with Gasteiger partial charge in [-0.3, -0.25) is 4.68 Å². The topological polar surface area (TPSA) is 91.5 Å². The molecule has 2 N–H and O–H groups in total. The van der Waals surface area contributed by atoms with Gasteiger partial charge in [0.1, 0.15) is 5.82 Å². The van der Waals surface area contributed by atoms with Crippen molar-refractivity contribution in [2.45, 2.75) is 51.0 Å². The van der Waals surface area contributed by atoms with Crippen LogP contribution in [0.1, 0.15) is 56.3 Å². The molecular formula is C18H21F2N7. The van der Waals surface area contributed by atoms with Gasteiger partial charge in [-0.15, -0.1) is 0 Å². The summed E-state index contributed by atoms with van der Waals surface area (Å²) in [5.74, 6) is -2.34. The first-order valence-electron chi connectivity index (χ1n) is 8.95. The molecule has 0 aromatic carbocycles. The number of nitriles is 1. The third-order valence-electron chi connectivity index (χ3n) is 5.24. The maximum Gasteiger partial charge on any atom is 0.275 e. The van der Waals surface area contributed by atoms with Crippen LogP contribution in [0.15, 0.2) is 12.4 Å². The Morgan fingerprint density at radius 1 is 1.41 bits per heavy atom. The Kier molecular flexibility index (Phi) is 3.84. The molecule has 2 heterocycles. The summed E-state index contributed by atoms with van der Waals surface area (Å²) in [6, 6.07) is 2.40. The van der Waals surface area contributed by atoms with Crippen molar-refractivity contribution in [3.05, 3.63) is 23.7 Å². The van der Waals surface area contributed by atoms with E-state index in [1.165, 1.54) is 0 Å². The molecule has 0 spiro atoms. The van der Waals surface area contributed by atoms with Crippen molar-refractivity contribution < 1.29 is 8.78 Å². The summed E-state index contributed by atoms with van der Waals surface area (Å²) in [4.78, 5) is 8.24. The van der Waals surface area contributed by atoms with Crippen molar-refractivity contribution in [3.8, 4) is 6.07 Å². The molecule has 2 aliphatic rings. The van der Waals surface area contributed by atoms with E-state index in [2.05, 4.69) is 31.8 Å². The standard InChI is InChI=1S/C18H21F2N7/c1-17(9-21)6-13(17)27-8-12(14(26-27)10-4-5-10)24-16-23-7-11(18(2,19)20)15(22-3)25-16/h7-8,10,13H,4-6H2,1-3H3,(H2,22,23,24,25)/t13-,17-/m1/s1. The Hall–Kier alpha value is -2.76. The van der Waals surface area contributed by atoms with Crippen LogP contribution in [0.3, 0.4) is 0 Å². The minimum Gasteiger partial charge on any atom is -0.373 e. The second kappa shape index (κ2) is 5.87. The van der Waals surface area contributed by atoms with Gasteiger partial charge >= 0.3 is 0 Å². The molecule has 0 aliphatic heterocycles. The molecule has 0 unspecified atom stereocenters. The van der Waals surface area contributed by atoms with Gasteiger partial charge < -0.3 is 10.6 Å². The summed E-state index contributed by atoms with van der Waals surface area (Å²) in [7, 11) is 1.55. The highest BCUT2D eigenvalue weighted by Crippen LogP contribution is 2.56. The Morgan fingerprint density at radius 3 is 2.70 bits per heavy atom. The first kappa shape index (κ1) is 17.6. The molecule has 2 aromatic rings. The lowest BCUT2D eigenvalue weighted by molar-refractivity contribution is 0.0176. The van der Waals surface area contributed by atoms with Gasteiger partial charge in [0, 0.05) is 32.3 Å². The maximum atomic E-state index is 13.7. The first-order chi connectivity index (χ1) is 12.7. The fraction of sp³-hybridized carbons (Fsp3) is 0.556. The quantitative estimate of drug-likeness (QED) is 0.797. The van der Waals surface area contributed by atoms with Crippen LogP contribution in [0, 0.1) is 16.7 Å². The summed E-state index contributed by atoms with van der Waals surface area (Å²) in [6.07, 6.45) is 5.90. The molecule has 4 rings (SSSR count). The van der Waals surface area contributed by atoms with E-state index in [0.717, 1.165) is 43.8 Å². The van der Waals surface area contributed by atoms with Gasteiger partial charge in [0.15, 0.2) is 0 Å². The fourth-order valence-electron chi connectivity index (χ4n) is 3.24. The zero-order valence-corrected chi connectivity index (χ0v) is 15.4. The van der Waals surface area contributed by atoms with Gasteiger partial charge in [0.25, 0.3) is 5.92 Å². The van der Waals surface area contributed by atoms with Crippen LogP contribution in [0.4, 0.5) is 26.2 Å². The maximum absolute atomic E-state index is 13.7. The molecule has 2 saturated carbocycles. The van der Waals surface area contributed by atoms with Crippen LogP contribution in [-0.4, -0.2) is 26.8 Å². The first-order valence-corrected chi connectivity index (χ1v) is 8.95. The lowest BCUT2D eigenvalue weighted by Gasteiger charge is -2.15. The highest BCUT2D eigenvalue weighted by Gasteiger charge is 2.53. The Bertz CT molecular complexity index is 923. The monoisotopic (exact) mass is 373 g/mol. The molecule has 2 aromatic heterocycles. The van der Waals surface area contributed by atoms with Crippen LogP contribution < -0.4 is 10.6 Å².